The van der Waals surface area contributed by atoms with Crippen LogP contribution in [0, 0.1) is 0 Å². The monoisotopic (exact) mass is 429 g/mol. The molecule has 0 fully saturated rings. The fraction of sp³-hybridized carbons (Fsp3) is 0.200. The van der Waals surface area contributed by atoms with Gasteiger partial charge in [-0.2, -0.15) is 0 Å². The summed E-state index contributed by atoms with van der Waals surface area (Å²) in [6.45, 7) is 0.614. The topological polar surface area (TPSA) is 76.7 Å². The molecule has 5 rings (SSSR count). The van der Waals surface area contributed by atoms with Crippen molar-refractivity contribution in [3.05, 3.63) is 66.2 Å². The van der Waals surface area contributed by atoms with Crippen molar-refractivity contribution < 1.29 is 19.0 Å². The van der Waals surface area contributed by atoms with Gasteiger partial charge in [0.2, 0.25) is 0 Å². The lowest BCUT2D eigenvalue weighted by Gasteiger charge is -2.18. The number of carbonyl (C=O) groups is 1. The van der Waals surface area contributed by atoms with Gasteiger partial charge < -0.3 is 24.1 Å². The van der Waals surface area contributed by atoms with Crippen LogP contribution in [0.5, 0.6) is 17.2 Å². The van der Waals surface area contributed by atoms with Crippen LogP contribution in [-0.2, 0) is 11.2 Å². The largest absolute Gasteiger partial charge is 0.497 e. The van der Waals surface area contributed by atoms with Gasteiger partial charge in [-0.3, -0.25) is 4.79 Å². The molecule has 3 aromatic carbocycles. The minimum Gasteiger partial charge on any atom is -0.497 e. The molecule has 2 heterocycles. The number of fused-ring (bicyclic) bond motifs is 2. The highest BCUT2D eigenvalue weighted by atomic mass is 16.5. The zero-order chi connectivity index (χ0) is 22.1. The summed E-state index contributed by atoms with van der Waals surface area (Å²) in [5, 5.41) is 0. The number of anilines is 1. The third-order valence-corrected chi connectivity index (χ3v) is 5.67. The molecule has 0 unspecified atom stereocenters. The van der Waals surface area contributed by atoms with Gasteiger partial charge in [0.1, 0.15) is 11.6 Å². The molecule has 162 valence electrons. The van der Waals surface area contributed by atoms with E-state index in [2.05, 4.69) is 16.0 Å². The number of imidazole rings is 1. The third kappa shape index (κ3) is 3.62. The first-order valence-corrected chi connectivity index (χ1v) is 10.4. The molecule has 0 atom stereocenters. The maximum atomic E-state index is 12.8. The Kier molecular flexibility index (Phi) is 5.15. The van der Waals surface area contributed by atoms with Crippen molar-refractivity contribution in [1.29, 1.82) is 0 Å². The molecule has 7 nitrogen and oxygen atoms in total. The number of amides is 1. The summed E-state index contributed by atoms with van der Waals surface area (Å²) in [5.74, 6) is 2.44. The molecule has 7 heteroatoms. The molecular weight excluding hydrogens is 406 g/mol. The first kappa shape index (κ1) is 19.9. The molecule has 4 aromatic rings. The Balaban J connectivity index is 1.33. The second-order valence-electron chi connectivity index (χ2n) is 7.55. The average Bonchev–Trinajstić information content (AvgIpc) is 3.46. The number of hydrogen-bond acceptors (Lipinski definition) is 5. The first-order valence-electron chi connectivity index (χ1n) is 10.4. The fourth-order valence-corrected chi connectivity index (χ4v) is 4.00. The predicted octanol–water partition coefficient (Wildman–Crippen LogP) is 4.22. The quantitative estimate of drug-likeness (QED) is 0.497. The van der Waals surface area contributed by atoms with E-state index in [1.165, 1.54) is 5.56 Å². The van der Waals surface area contributed by atoms with E-state index in [-0.39, 0.29) is 12.5 Å². The first-order chi connectivity index (χ1) is 15.7. The van der Waals surface area contributed by atoms with Gasteiger partial charge in [-0.25, -0.2) is 4.98 Å². The molecule has 0 saturated heterocycles. The van der Waals surface area contributed by atoms with Gasteiger partial charge in [-0.05, 0) is 48.4 Å². The van der Waals surface area contributed by atoms with Gasteiger partial charge in [-0.15, -0.1) is 0 Å². The highest BCUT2D eigenvalue weighted by molar-refractivity contribution is 5.96. The lowest BCUT2D eigenvalue weighted by Crippen LogP contribution is -2.33. The third-order valence-electron chi connectivity index (χ3n) is 5.67. The van der Waals surface area contributed by atoms with Crippen molar-refractivity contribution in [2.75, 3.05) is 32.3 Å². The minimum atomic E-state index is -0.0766. The molecule has 1 aliphatic heterocycles. The zero-order valence-corrected chi connectivity index (χ0v) is 17.9. The molecule has 0 bridgehead atoms. The van der Waals surface area contributed by atoms with Crippen molar-refractivity contribution in [3.8, 4) is 28.6 Å². The highest BCUT2D eigenvalue weighted by Gasteiger charge is 2.24. The summed E-state index contributed by atoms with van der Waals surface area (Å²) >= 11 is 0. The Bertz CT molecular complexity index is 1300. The number of carbonyl (C=O) groups excluding carboxylic acids is 1. The van der Waals surface area contributed by atoms with Crippen molar-refractivity contribution in [2.24, 2.45) is 0 Å². The van der Waals surface area contributed by atoms with E-state index in [9.17, 15) is 4.79 Å². The summed E-state index contributed by atoms with van der Waals surface area (Å²) in [5.41, 5.74) is 4.73. The standard InChI is InChI=1S/C25H23N3O4/c1-30-18-8-9-19-20(14-18)27-25(26-19)17-7-10-22(23(13-17)31-2)32-15-24(29)28-12-11-16-5-3-4-6-21(16)28/h3-10,13-14H,11-12,15H2,1-2H3,(H,26,27). The van der Waals surface area contributed by atoms with Gasteiger partial charge in [0.05, 0.1) is 25.3 Å². The van der Waals surface area contributed by atoms with Crippen molar-refractivity contribution >= 4 is 22.6 Å². The van der Waals surface area contributed by atoms with Crippen LogP contribution in [0.3, 0.4) is 0 Å². The minimum absolute atomic E-state index is 0.0610. The zero-order valence-electron chi connectivity index (χ0n) is 17.9. The van der Waals surface area contributed by atoms with Crippen molar-refractivity contribution in [1.82, 2.24) is 9.97 Å². The molecule has 1 aliphatic rings. The van der Waals surface area contributed by atoms with E-state index in [1.54, 1.807) is 25.2 Å². The number of nitrogens with one attached hydrogen (secondary N) is 1. The number of rotatable bonds is 6. The lowest BCUT2D eigenvalue weighted by atomic mass is 10.2. The second-order valence-corrected chi connectivity index (χ2v) is 7.55. The summed E-state index contributed by atoms with van der Waals surface area (Å²) in [7, 11) is 3.21. The smallest absolute Gasteiger partial charge is 0.264 e. The number of benzene rings is 3. The van der Waals surface area contributed by atoms with Crippen LogP contribution in [0.15, 0.2) is 60.7 Å². The normalized spacial score (nSPS) is 12.6. The van der Waals surface area contributed by atoms with Crippen molar-refractivity contribution in [3.63, 3.8) is 0 Å². The summed E-state index contributed by atoms with van der Waals surface area (Å²) in [4.78, 5) is 22.5. The number of para-hydroxylation sites is 1. The molecule has 0 spiro atoms. The summed E-state index contributed by atoms with van der Waals surface area (Å²) in [6, 6.07) is 19.2. The van der Waals surface area contributed by atoms with E-state index in [1.807, 2.05) is 48.5 Å². The summed E-state index contributed by atoms with van der Waals surface area (Å²) < 4.78 is 16.6. The Morgan fingerprint density at radius 2 is 1.91 bits per heavy atom. The Hall–Kier alpha value is -4.00. The van der Waals surface area contributed by atoms with Crippen LogP contribution in [0.4, 0.5) is 5.69 Å². The maximum absolute atomic E-state index is 12.8. The SMILES string of the molecule is COc1ccc2nc(-c3ccc(OCC(=O)N4CCc5ccccc54)c(OC)c3)[nH]c2c1. The molecule has 32 heavy (non-hydrogen) atoms. The number of aromatic amines is 1. The lowest BCUT2D eigenvalue weighted by molar-refractivity contribution is -0.120. The van der Waals surface area contributed by atoms with Gasteiger partial charge in [0, 0.05) is 23.9 Å². The van der Waals surface area contributed by atoms with Gasteiger partial charge >= 0.3 is 0 Å². The second kappa shape index (κ2) is 8.26. The number of H-pyrrole nitrogens is 1. The number of ether oxygens (including phenoxy) is 3. The molecule has 1 aromatic heterocycles. The Morgan fingerprint density at radius 3 is 2.75 bits per heavy atom. The molecule has 0 saturated carbocycles. The number of aromatic nitrogens is 2. The van der Waals surface area contributed by atoms with E-state index < -0.39 is 0 Å². The Labute approximate surface area is 185 Å². The molecule has 0 aliphatic carbocycles. The van der Waals surface area contributed by atoms with Gasteiger partial charge in [-0.1, -0.05) is 18.2 Å². The van der Waals surface area contributed by atoms with E-state index in [0.717, 1.165) is 34.5 Å². The summed E-state index contributed by atoms with van der Waals surface area (Å²) in [6.07, 6.45) is 0.864. The van der Waals surface area contributed by atoms with Crippen LogP contribution in [0.1, 0.15) is 5.56 Å². The van der Waals surface area contributed by atoms with E-state index >= 15 is 0 Å². The Morgan fingerprint density at radius 1 is 1.03 bits per heavy atom. The van der Waals surface area contributed by atoms with Crippen LogP contribution >= 0.6 is 0 Å². The van der Waals surface area contributed by atoms with E-state index in [0.29, 0.717) is 23.9 Å². The van der Waals surface area contributed by atoms with E-state index in [4.69, 9.17) is 14.2 Å². The van der Waals surface area contributed by atoms with Crippen LogP contribution in [0.25, 0.3) is 22.4 Å². The van der Waals surface area contributed by atoms with Gasteiger partial charge in [0.25, 0.3) is 5.91 Å². The molecular formula is C25H23N3O4. The molecule has 0 radical (unpaired) electrons. The number of nitrogens with zero attached hydrogens (tertiary/aromatic N) is 2. The van der Waals surface area contributed by atoms with Crippen LogP contribution < -0.4 is 19.1 Å². The average molecular weight is 429 g/mol. The van der Waals surface area contributed by atoms with Crippen molar-refractivity contribution in [2.45, 2.75) is 6.42 Å². The molecule has 1 N–H and O–H groups in total. The molecule has 1 amide bonds. The maximum Gasteiger partial charge on any atom is 0.264 e. The number of hydrogen-bond donors (Lipinski definition) is 1. The predicted molar refractivity (Wildman–Crippen MR) is 123 cm³/mol. The van der Waals surface area contributed by atoms with Gasteiger partial charge in [0.15, 0.2) is 18.1 Å². The van der Waals surface area contributed by atoms with Crippen LogP contribution in [0.2, 0.25) is 0 Å². The van der Waals surface area contributed by atoms with Crippen LogP contribution in [-0.4, -0.2) is 43.2 Å². The highest BCUT2D eigenvalue weighted by Crippen LogP contribution is 2.33. The number of methoxy groups -OCH3 is 2. The fourth-order valence-electron chi connectivity index (χ4n) is 4.00.